The number of nitrogens with zero attached hydrogens (tertiary/aromatic N) is 1. The smallest absolute Gasteiger partial charge is 0.154 e. The second-order valence-corrected chi connectivity index (χ2v) is 5.01. The fraction of sp³-hybridized carbons (Fsp3) is 0.417. The molecule has 0 radical (unpaired) electrons. The molecule has 16 heavy (non-hydrogen) atoms. The van der Waals surface area contributed by atoms with E-state index in [-0.39, 0.29) is 0 Å². The lowest BCUT2D eigenvalue weighted by molar-refractivity contribution is 0.718. The van der Waals surface area contributed by atoms with Gasteiger partial charge in [-0.1, -0.05) is 48.5 Å². The third kappa shape index (κ3) is 4.45. The Bertz CT molecular complexity index is 366. The number of benzene rings is 1. The van der Waals surface area contributed by atoms with Crippen molar-refractivity contribution in [3.8, 4) is 0 Å². The zero-order valence-corrected chi connectivity index (χ0v) is 11.2. The molecule has 0 aliphatic rings. The Kier molecular flexibility index (Phi) is 5.71. The molecule has 0 bridgehead atoms. The average molecular weight is 257 g/mol. The highest BCUT2D eigenvalue weighted by Crippen LogP contribution is 2.20. The normalized spacial score (nSPS) is 13.8. The van der Waals surface area contributed by atoms with Gasteiger partial charge in [-0.3, -0.25) is 4.99 Å². The monoisotopic (exact) mass is 256 g/mol. The maximum Gasteiger partial charge on any atom is 0.154 e. The molecule has 0 fully saturated rings. The average Bonchev–Trinajstić information content (AvgIpc) is 2.28. The predicted octanol–water partition coefficient (Wildman–Crippen LogP) is 3.69. The molecule has 0 aliphatic carbocycles. The van der Waals surface area contributed by atoms with Gasteiger partial charge in [0.25, 0.3) is 0 Å². The summed E-state index contributed by atoms with van der Waals surface area (Å²) in [4.78, 5) is 4.35. The maximum absolute atomic E-state index is 6.05. The van der Waals surface area contributed by atoms with E-state index >= 15 is 0 Å². The van der Waals surface area contributed by atoms with Gasteiger partial charge in [-0.15, -0.1) is 0 Å². The quantitative estimate of drug-likeness (QED) is 0.659. The van der Waals surface area contributed by atoms with Crippen LogP contribution in [0.25, 0.3) is 0 Å². The Labute approximate surface area is 106 Å². The van der Waals surface area contributed by atoms with Gasteiger partial charge in [0.05, 0.1) is 0 Å². The molecular weight excluding hydrogens is 240 g/mol. The van der Waals surface area contributed by atoms with E-state index in [1.807, 2.05) is 24.3 Å². The molecule has 1 aromatic rings. The number of hydrogen-bond donors (Lipinski definition) is 1. The molecule has 2 N–H and O–H groups in total. The van der Waals surface area contributed by atoms with Gasteiger partial charge in [-0.25, -0.2) is 0 Å². The summed E-state index contributed by atoms with van der Waals surface area (Å²) in [5, 5.41) is 1.42. The zero-order valence-electron chi connectivity index (χ0n) is 9.61. The lowest BCUT2D eigenvalue weighted by atomic mass is 10.2. The molecule has 0 saturated heterocycles. The number of amidine groups is 1. The summed E-state index contributed by atoms with van der Waals surface area (Å²) < 4.78 is 0. The molecular formula is C12H17ClN2S. The minimum atomic E-state index is 0.291. The van der Waals surface area contributed by atoms with Crippen LogP contribution < -0.4 is 5.73 Å². The maximum atomic E-state index is 6.05. The highest BCUT2D eigenvalue weighted by Gasteiger charge is 2.02. The van der Waals surface area contributed by atoms with Crippen LogP contribution in [0.3, 0.4) is 0 Å². The second kappa shape index (κ2) is 6.81. The molecule has 0 aromatic heterocycles. The van der Waals surface area contributed by atoms with Crippen molar-refractivity contribution in [2.45, 2.75) is 32.1 Å². The minimum absolute atomic E-state index is 0.291. The van der Waals surface area contributed by atoms with Crippen molar-refractivity contribution in [1.82, 2.24) is 0 Å². The molecule has 0 aliphatic heterocycles. The number of aliphatic imine (C=N–C) groups is 1. The molecule has 0 spiro atoms. The Morgan fingerprint density at radius 3 is 2.81 bits per heavy atom. The summed E-state index contributed by atoms with van der Waals surface area (Å²) >= 11 is 7.58. The van der Waals surface area contributed by atoms with E-state index < -0.39 is 0 Å². The molecule has 1 rings (SSSR count). The van der Waals surface area contributed by atoms with Crippen LogP contribution in [0, 0.1) is 0 Å². The summed E-state index contributed by atoms with van der Waals surface area (Å²) in [6.45, 7) is 4.16. The Balaban J connectivity index is 2.52. The molecule has 88 valence electrons. The predicted molar refractivity (Wildman–Crippen MR) is 74.1 cm³/mol. The van der Waals surface area contributed by atoms with Gasteiger partial charge in [0.15, 0.2) is 5.17 Å². The van der Waals surface area contributed by atoms with Crippen molar-refractivity contribution in [2.75, 3.05) is 0 Å². The molecule has 1 aromatic carbocycles. The first-order chi connectivity index (χ1) is 7.63. The highest BCUT2D eigenvalue weighted by atomic mass is 35.5. The highest BCUT2D eigenvalue weighted by molar-refractivity contribution is 8.13. The molecule has 0 amide bonds. The summed E-state index contributed by atoms with van der Waals surface area (Å²) in [7, 11) is 0. The van der Waals surface area contributed by atoms with Crippen LogP contribution in [0.1, 0.15) is 25.8 Å². The topological polar surface area (TPSA) is 38.4 Å². The molecule has 2 nitrogen and oxygen atoms in total. The van der Waals surface area contributed by atoms with Crippen molar-refractivity contribution < 1.29 is 0 Å². The number of halogens is 1. The van der Waals surface area contributed by atoms with Crippen LogP contribution in [-0.4, -0.2) is 11.2 Å². The van der Waals surface area contributed by atoms with Crippen LogP contribution in [-0.2, 0) is 5.75 Å². The van der Waals surface area contributed by atoms with Gasteiger partial charge in [0.1, 0.15) is 0 Å². The van der Waals surface area contributed by atoms with Crippen LogP contribution in [0.15, 0.2) is 29.3 Å². The summed E-state index contributed by atoms with van der Waals surface area (Å²) in [5.41, 5.74) is 6.91. The Morgan fingerprint density at radius 1 is 1.50 bits per heavy atom. The van der Waals surface area contributed by atoms with Gasteiger partial charge in [-0.05, 0) is 25.0 Å². The van der Waals surface area contributed by atoms with Crippen LogP contribution in [0.2, 0.25) is 5.02 Å². The Hall–Kier alpha value is -0.670. The largest absolute Gasteiger partial charge is 0.379 e. The van der Waals surface area contributed by atoms with Crippen molar-refractivity contribution in [3.05, 3.63) is 34.9 Å². The standard InChI is InChI=1S/C12H17ClN2S/c1-3-9(2)15-12(14)16-8-10-6-4-5-7-11(10)13/h4-7,9H,3,8H2,1-2H3,(H2,14,15)/t9-/m0/s1. The van der Waals surface area contributed by atoms with Crippen LogP contribution >= 0.6 is 23.4 Å². The molecule has 4 heteroatoms. The number of thioether (sulfide) groups is 1. The number of rotatable bonds is 4. The van der Waals surface area contributed by atoms with Crippen molar-refractivity contribution in [1.29, 1.82) is 0 Å². The molecule has 0 unspecified atom stereocenters. The molecule has 0 heterocycles. The van der Waals surface area contributed by atoms with E-state index in [9.17, 15) is 0 Å². The van der Waals surface area contributed by atoms with Crippen molar-refractivity contribution in [3.63, 3.8) is 0 Å². The van der Waals surface area contributed by atoms with Crippen molar-refractivity contribution in [2.24, 2.45) is 10.7 Å². The summed E-state index contributed by atoms with van der Waals surface area (Å²) in [6.07, 6.45) is 1.01. The minimum Gasteiger partial charge on any atom is -0.379 e. The first kappa shape index (κ1) is 13.4. The van der Waals surface area contributed by atoms with E-state index in [2.05, 4.69) is 18.8 Å². The van der Waals surface area contributed by atoms with E-state index in [1.165, 1.54) is 11.8 Å². The van der Waals surface area contributed by atoms with Gasteiger partial charge in [0.2, 0.25) is 0 Å². The zero-order chi connectivity index (χ0) is 12.0. The van der Waals surface area contributed by atoms with E-state index in [0.29, 0.717) is 11.2 Å². The van der Waals surface area contributed by atoms with Crippen molar-refractivity contribution >= 4 is 28.5 Å². The van der Waals surface area contributed by atoms with Gasteiger partial charge < -0.3 is 5.73 Å². The van der Waals surface area contributed by atoms with E-state index in [1.54, 1.807) is 0 Å². The fourth-order valence-corrected chi connectivity index (χ4v) is 2.20. The fourth-order valence-electron chi connectivity index (χ4n) is 1.11. The number of hydrogen-bond acceptors (Lipinski definition) is 2. The second-order valence-electron chi connectivity index (χ2n) is 3.60. The van der Waals surface area contributed by atoms with Crippen LogP contribution in [0.4, 0.5) is 0 Å². The number of nitrogens with two attached hydrogens (primary N) is 1. The van der Waals surface area contributed by atoms with E-state index in [0.717, 1.165) is 22.8 Å². The van der Waals surface area contributed by atoms with E-state index in [4.69, 9.17) is 17.3 Å². The lowest BCUT2D eigenvalue weighted by Crippen LogP contribution is -2.11. The van der Waals surface area contributed by atoms with Gasteiger partial charge in [-0.2, -0.15) is 0 Å². The molecule has 0 saturated carbocycles. The first-order valence-electron chi connectivity index (χ1n) is 5.33. The van der Waals surface area contributed by atoms with Gasteiger partial charge >= 0.3 is 0 Å². The summed E-state index contributed by atoms with van der Waals surface area (Å²) in [5.74, 6) is 0.769. The third-order valence-corrected chi connectivity index (χ3v) is 3.50. The van der Waals surface area contributed by atoms with Gasteiger partial charge in [0, 0.05) is 16.8 Å². The molecule has 1 atom stereocenters. The summed E-state index contributed by atoms with van der Waals surface area (Å²) in [6, 6.07) is 8.08. The van der Waals surface area contributed by atoms with Crippen LogP contribution in [0.5, 0.6) is 0 Å². The third-order valence-electron chi connectivity index (χ3n) is 2.27. The lowest BCUT2D eigenvalue weighted by Gasteiger charge is -2.06. The first-order valence-corrected chi connectivity index (χ1v) is 6.69. The SMILES string of the molecule is CC[C@H](C)N=C(N)SCc1ccccc1Cl. The Morgan fingerprint density at radius 2 is 2.19 bits per heavy atom.